The Kier molecular flexibility index (Phi) is 5.29. The lowest BCUT2D eigenvalue weighted by molar-refractivity contribution is 0.113. The molecule has 0 aliphatic carbocycles. The highest BCUT2D eigenvalue weighted by Crippen LogP contribution is 2.28. The van der Waals surface area contributed by atoms with Crippen molar-refractivity contribution in [1.82, 2.24) is 0 Å². The van der Waals surface area contributed by atoms with Gasteiger partial charge in [-0.05, 0) is 24.0 Å². The molecule has 0 saturated heterocycles. The molecule has 0 heterocycles. The van der Waals surface area contributed by atoms with Gasteiger partial charge in [-0.15, -0.1) is 0 Å². The first-order valence-corrected chi connectivity index (χ1v) is 5.78. The van der Waals surface area contributed by atoms with Crippen LogP contribution in [-0.4, -0.2) is 24.4 Å². The predicted molar refractivity (Wildman–Crippen MR) is 65.7 cm³/mol. The van der Waals surface area contributed by atoms with Gasteiger partial charge < -0.3 is 15.6 Å². The van der Waals surface area contributed by atoms with Crippen molar-refractivity contribution in [2.75, 3.05) is 13.2 Å². The van der Waals surface area contributed by atoms with Crippen molar-refractivity contribution in [2.45, 2.75) is 32.3 Å². The number of benzene rings is 1. The van der Waals surface area contributed by atoms with E-state index in [-0.39, 0.29) is 13.2 Å². The maximum Gasteiger partial charge on any atom is 0.122 e. The zero-order valence-corrected chi connectivity index (χ0v) is 10.0. The Morgan fingerprint density at radius 1 is 1.38 bits per heavy atom. The number of rotatable bonds is 6. The summed E-state index contributed by atoms with van der Waals surface area (Å²) in [4.78, 5) is 0. The Labute approximate surface area is 97.2 Å². The van der Waals surface area contributed by atoms with E-state index in [9.17, 15) is 5.11 Å². The summed E-state index contributed by atoms with van der Waals surface area (Å²) in [7, 11) is 0. The van der Waals surface area contributed by atoms with Crippen molar-refractivity contribution in [3.05, 3.63) is 29.8 Å². The number of aliphatic hydroxyl groups excluding tert-OH is 1. The molecule has 0 unspecified atom stereocenters. The van der Waals surface area contributed by atoms with Crippen LogP contribution in [0.4, 0.5) is 0 Å². The van der Waals surface area contributed by atoms with Crippen LogP contribution in [0.2, 0.25) is 0 Å². The monoisotopic (exact) mass is 223 g/mol. The molecule has 0 aliphatic heterocycles. The summed E-state index contributed by atoms with van der Waals surface area (Å²) in [5, 5.41) is 9.36. The number of hydrogen-bond donors (Lipinski definition) is 2. The maximum atomic E-state index is 9.36. The molecule has 3 N–H and O–H groups in total. The quantitative estimate of drug-likeness (QED) is 0.774. The third-order valence-corrected chi connectivity index (χ3v) is 2.77. The topological polar surface area (TPSA) is 55.5 Å². The van der Waals surface area contributed by atoms with E-state index < -0.39 is 6.10 Å². The third-order valence-electron chi connectivity index (χ3n) is 2.77. The molecule has 0 bridgehead atoms. The van der Waals surface area contributed by atoms with E-state index in [1.54, 1.807) is 0 Å². The van der Waals surface area contributed by atoms with Gasteiger partial charge in [0, 0.05) is 6.54 Å². The summed E-state index contributed by atoms with van der Waals surface area (Å²) in [6, 6.07) is 7.95. The van der Waals surface area contributed by atoms with E-state index in [2.05, 4.69) is 19.9 Å². The lowest BCUT2D eigenvalue weighted by atomic mass is 9.98. The van der Waals surface area contributed by atoms with Crippen molar-refractivity contribution in [2.24, 2.45) is 5.73 Å². The van der Waals surface area contributed by atoms with Crippen LogP contribution in [0.15, 0.2) is 24.3 Å². The van der Waals surface area contributed by atoms with Crippen LogP contribution in [0.1, 0.15) is 31.7 Å². The van der Waals surface area contributed by atoms with Crippen molar-refractivity contribution in [3.8, 4) is 5.75 Å². The Morgan fingerprint density at radius 2 is 2.06 bits per heavy atom. The molecule has 0 aliphatic rings. The molecule has 1 aromatic carbocycles. The van der Waals surface area contributed by atoms with Gasteiger partial charge in [-0.1, -0.05) is 32.0 Å². The molecule has 0 amide bonds. The molecule has 0 radical (unpaired) electrons. The van der Waals surface area contributed by atoms with Gasteiger partial charge in [-0.3, -0.25) is 0 Å². The molecule has 1 aromatic rings. The van der Waals surface area contributed by atoms with Crippen LogP contribution in [-0.2, 0) is 0 Å². The molecule has 3 heteroatoms. The second-order valence-corrected chi connectivity index (χ2v) is 4.05. The fraction of sp³-hybridized carbons (Fsp3) is 0.538. The standard InChI is InChI=1S/C13H21NO2/c1-3-10(2)12-6-4-5-7-13(12)16-9-11(15)8-14/h4-7,10-11,15H,3,8-9,14H2,1-2H3/t10-,11-/m1/s1. The SMILES string of the molecule is CC[C@@H](C)c1ccccc1OC[C@H](O)CN. The highest BCUT2D eigenvalue weighted by molar-refractivity contribution is 5.35. The van der Waals surface area contributed by atoms with E-state index in [1.165, 1.54) is 5.56 Å². The minimum Gasteiger partial charge on any atom is -0.491 e. The van der Waals surface area contributed by atoms with Crippen LogP contribution in [0, 0.1) is 0 Å². The number of para-hydroxylation sites is 1. The average molecular weight is 223 g/mol. The molecule has 1 rings (SSSR count). The Morgan fingerprint density at radius 3 is 2.69 bits per heavy atom. The Bertz CT molecular complexity index is 315. The van der Waals surface area contributed by atoms with Crippen LogP contribution in [0.25, 0.3) is 0 Å². The molecular weight excluding hydrogens is 202 g/mol. The fourth-order valence-corrected chi connectivity index (χ4v) is 1.49. The summed E-state index contributed by atoms with van der Waals surface area (Å²) in [6.07, 6.45) is 0.477. The van der Waals surface area contributed by atoms with Crippen LogP contribution in [0.3, 0.4) is 0 Å². The predicted octanol–water partition coefficient (Wildman–Crippen LogP) is 1.90. The third kappa shape index (κ3) is 3.51. The number of aliphatic hydroxyl groups is 1. The number of hydrogen-bond acceptors (Lipinski definition) is 3. The molecule has 16 heavy (non-hydrogen) atoms. The van der Waals surface area contributed by atoms with Gasteiger partial charge in [0.2, 0.25) is 0 Å². The van der Waals surface area contributed by atoms with E-state index >= 15 is 0 Å². The lowest BCUT2D eigenvalue weighted by Gasteiger charge is -2.17. The molecule has 0 saturated carbocycles. The summed E-state index contributed by atoms with van der Waals surface area (Å²) in [6.45, 7) is 4.80. The summed E-state index contributed by atoms with van der Waals surface area (Å²) in [5.41, 5.74) is 6.52. The van der Waals surface area contributed by atoms with Crippen molar-refractivity contribution in [1.29, 1.82) is 0 Å². The van der Waals surface area contributed by atoms with Crippen LogP contribution < -0.4 is 10.5 Å². The van der Waals surface area contributed by atoms with Crippen molar-refractivity contribution >= 4 is 0 Å². The van der Waals surface area contributed by atoms with Gasteiger partial charge >= 0.3 is 0 Å². The van der Waals surface area contributed by atoms with Crippen molar-refractivity contribution < 1.29 is 9.84 Å². The molecular formula is C13H21NO2. The molecule has 3 nitrogen and oxygen atoms in total. The lowest BCUT2D eigenvalue weighted by Crippen LogP contribution is -2.26. The van der Waals surface area contributed by atoms with Gasteiger partial charge in [-0.2, -0.15) is 0 Å². The fourth-order valence-electron chi connectivity index (χ4n) is 1.49. The van der Waals surface area contributed by atoms with E-state index in [0.29, 0.717) is 5.92 Å². The van der Waals surface area contributed by atoms with E-state index in [0.717, 1.165) is 12.2 Å². The molecule has 2 atom stereocenters. The van der Waals surface area contributed by atoms with Crippen LogP contribution >= 0.6 is 0 Å². The van der Waals surface area contributed by atoms with E-state index in [1.807, 2.05) is 18.2 Å². The van der Waals surface area contributed by atoms with Gasteiger partial charge in [0.25, 0.3) is 0 Å². The van der Waals surface area contributed by atoms with Crippen LogP contribution in [0.5, 0.6) is 5.75 Å². The first-order chi connectivity index (χ1) is 7.69. The smallest absolute Gasteiger partial charge is 0.122 e. The van der Waals surface area contributed by atoms with Crippen molar-refractivity contribution in [3.63, 3.8) is 0 Å². The zero-order chi connectivity index (χ0) is 12.0. The normalized spacial score (nSPS) is 14.5. The largest absolute Gasteiger partial charge is 0.491 e. The summed E-state index contributed by atoms with van der Waals surface area (Å²) in [5.74, 6) is 1.32. The highest BCUT2D eigenvalue weighted by Gasteiger charge is 2.10. The minimum absolute atomic E-state index is 0.228. The van der Waals surface area contributed by atoms with Gasteiger partial charge in [-0.25, -0.2) is 0 Å². The molecule has 0 aromatic heterocycles. The van der Waals surface area contributed by atoms with Gasteiger partial charge in [0.15, 0.2) is 0 Å². The van der Waals surface area contributed by atoms with Gasteiger partial charge in [0.1, 0.15) is 18.5 Å². The number of ether oxygens (including phenoxy) is 1. The van der Waals surface area contributed by atoms with E-state index in [4.69, 9.17) is 10.5 Å². The number of nitrogens with two attached hydrogens (primary N) is 1. The van der Waals surface area contributed by atoms with Gasteiger partial charge in [0.05, 0.1) is 0 Å². The molecule has 0 fully saturated rings. The maximum absolute atomic E-state index is 9.36. The first kappa shape index (κ1) is 13.0. The highest BCUT2D eigenvalue weighted by atomic mass is 16.5. The minimum atomic E-state index is -0.593. The second-order valence-electron chi connectivity index (χ2n) is 4.05. The zero-order valence-electron chi connectivity index (χ0n) is 10.0. The molecule has 90 valence electrons. The Balaban J connectivity index is 2.71. The summed E-state index contributed by atoms with van der Waals surface area (Å²) < 4.78 is 5.58. The first-order valence-electron chi connectivity index (χ1n) is 5.78. The summed E-state index contributed by atoms with van der Waals surface area (Å²) >= 11 is 0. The Hall–Kier alpha value is -1.06. The second kappa shape index (κ2) is 6.51. The molecule has 0 spiro atoms. The average Bonchev–Trinajstić information content (AvgIpc) is 2.35.